The minimum Gasteiger partial charge on any atom is -0.456 e. The van der Waals surface area contributed by atoms with Gasteiger partial charge in [0.2, 0.25) is 5.91 Å². The Labute approximate surface area is 136 Å². The molecule has 128 valence electrons. The van der Waals surface area contributed by atoms with Crippen LogP contribution in [0.5, 0.6) is 0 Å². The molecule has 0 spiro atoms. The van der Waals surface area contributed by atoms with Crippen molar-refractivity contribution in [2.24, 2.45) is 0 Å². The van der Waals surface area contributed by atoms with Crippen molar-refractivity contribution in [3.63, 3.8) is 0 Å². The van der Waals surface area contributed by atoms with Gasteiger partial charge in [-0.3, -0.25) is 19.3 Å². The molecule has 0 saturated carbocycles. The molecule has 1 aromatic carbocycles. The monoisotopic (exact) mass is 337 g/mol. The van der Waals surface area contributed by atoms with E-state index in [2.05, 4.69) is 10.6 Å². The van der Waals surface area contributed by atoms with Gasteiger partial charge in [-0.25, -0.2) is 9.18 Å². The van der Waals surface area contributed by atoms with Crippen molar-refractivity contribution in [2.45, 2.75) is 12.8 Å². The Morgan fingerprint density at radius 3 is 2.79 bits per heavy atom. The van der Waals surface area contributed by atoms with E-state index in [4.69, 9.17) is 4.74 Å². The van der Waals surface area contributed by atoms with Gasteiger partial charge in [0.05, 0.1) is 6.54 Å². The van der Waals surface area contributed by atoms with Gasteiger partial charge >= 0.3 is 12.0 Å². The van der Waals surface area contributed by atoms with E-state index in [1.54, 1.807) is 0 Å². The minimum atomic E-state index is -0.628. The van der Waals surface area contributed by atoms with Crippen molar-refractivity contribution < 1.29 is 28.3 Å². The van der Waals surface area contributed by atoms with Gasteiger partial charge in [-0.15, -0.1) is 0 Å². The highest BCUT2D eigenvalue weighted by Crippen LogP contribution is 2.09. The zero-order valence-electron chi connectivity index (χ0n) is 12.7. The number of anilines is 1. The third-order valence-electron chi connectivity index (χ3n) is 3.17. The minimum absolute atomic E-state index is 0.0374. The lowest BCUT2D eigenvalue weighted by Crippen LogP contribution is -2.32. The number of carbonyl (C=O) groups is 4. The van der Waals surface area contributed by atoms with Gasteiger partial charge in [0.25, 0.3) is 5.91 Å². The predicted octanol–water partition coefficient (Wildman–Crippen LogP) is 0.639. The topological polar surface area (TPSA) is 105 Å². The standard InChI is InChI=1S/C15H16FN3O5/c16-10-3-1-4-11(7-10)18-12(20)9-24-14(22)5-2-6-19-13(21)8-17-15(19)23/h1,3-4,7H,2,5-6,8-9H2,(H,17,23)(H,18,20). The van der Waals surface area contributed by atoms with Gasteiger partial charge in [0.1, 0.15) is 5.82 Å². The summed E-state index contributed by atoms with van der Waals surface area (Å²) in [5.41, 5.74) is 0.259. The number of ether oxygens (including phenoxy) is 1. The number of nitrogens with one attached hydrogen (secondary N) is 2. The molecule has 0 aliphatic carbocycles. The number of imide groups is 1. The van der Waals surface area contributed by atoms with Crippen LogP contribution in [0, 0.1) is 5.82 Å². The van der Waals surface area contributed by atoms with E-state index in [1.165, 1.54) is 18.2 Å². The summed E-state index contributed by atoms with van der Waals surface area (Å²) in [5.74, 6) is -2.06. The van der Waals surface area contributed by atoms with Crippen molar-refractivity contribution in [1.29, 1.82) is 0 Å². The molecule has 9 heteroatoms. The Hall–Kier alpha value is -2.97. The molecule has 24 heavy (non-hydrogen) atoms. The first-order valence-electron chi connectivity index (χ1n) is 7.25. The Morgan fingerprint density at radius 2 is 2.12 bits per heavy atom. The first-order valence-corrected chi connectivity index (χ1v) is 7.25. The highest BCUT2D eigenvalue weighted by Gasteiger charge is 2.27. The molecule has 0 atom stereocenters. The van der Waals surface area contributed by atoms with Gasteiger partial charge in [-0.2, -0.15) is 0 Å². The largest absolute Gasteiger partial charge is 0.456 e. The molecule has 2 N–H and O–H groups in total. The quantitative estimate of drug-likeness (QED) is 0.561. The van der Waals surface area contributed by atoms with E-state index >= 15 is 0 Å². The molecule has 1 saturated heterocycles. The van der Waals surface area contributed by atoms with Gasteiger partial charge < -0.3 is 15.4 Å². The summed E-state index contributed by atoms with van der Waals surface area (Å²) in [7, 11) is 0. The van der Waals surface area contributed by atoms with E-state index in [0.29, 0.717) is 0 Å². The Morgan fingerprint density at radius 1 is 1.33 bits per heavy atom. The number of rotatable bonds is 7. The van der Waals surface area contributed by atoms with E-state index in [0.717, 1.165) is 11.0 Å². The number of nitrogens with zero attached hydrogens (tertiary/aromatic N) is 1. The molecule has 0 bridgehead atoms. The van der Waals surface area contributed by atoms with Crippen LogP contribution in [-0.4, -0.2) is 48.4 Å². The molecule has 1 fully saturated rings. The summed E-state index contributed by atoms with van der Waals surface area (Å²) >= 11 is 0. The number of carbonyl (C=O) groups excluding carboxylic acids is 4. The molecule has 1 aliphatic rings. The normalized spacial score (nSPS) is 13.6. The molecule has 4 amide bonds. The fourth-order valence-corrected chi connectivity index (χ4v) is 2.04. The van der Waals surface area contributed by atoms with Crippen LogP contribution in [0.15, 0.2) is 24.3 Å². The number of urea groups is 1. The number of halogens is 1. The van der Waals surface area contributed by atoms with Crippen LogP contribution >= 0.6 is 0 Å². The van der Waals surface area contributed by atoms with E-state index in [9.17, 15) is 23.6 Å². The van der Waals surface area contributed by atoms with Gasteiger partial charge in [0.15, 0.2) is 6.61 Å². The predicted molar refractivity (Wildman–Crippen MR) is 80.3 cm³/mol. The lowest BCUT2D eigenvalue weighted by Gasteiger charge is -2.11. The van der Waals surface area contributed by atoms with Crippen LogP contribution in [0.2, 0.25) is 0 Å². The third kappa shape index (κ3) is 5.04. The first kappa shape index (κ1) is 17.4. The second-order valence-corrected chi connectivity index (χ2v) is 5.03. The molecule has 1 aliphatic heterocycles. The molecule has 1 aromatic rings. The highest BCUT2D eigenvalue weighted by atomic mass is 19.1. The van der Waals surface area contributed by atoms with Crippen molar-refractivity contribution in [1.82, 2.24) is 10.2 Å². The molecular formula is C15H16FN3O5. The first-order chi connectivity index (χ1) is 11.5. The summed E-state index contributed by atoms with van der Waals surface area (Å²) in [4.78, 5) is 46.7. The fraction of sp³-hybridized carbons (Fsp3) is 0.333. The van der Waals surface area contributed by atoms with E-state index < -0.39 is 30.3 Å². The van der Waals surface area contributed by atoms with Gasteiger partial charge in [-0.05, 0) is 24.6 Å². The molecule has 0 radical (unpaired) electrons. The second-order valence-electron chi connectivity index (χ2n) is 5.03. The lowest BCUT2D eigenvalue weighted by atomic mass is 10.3. The molecule has 1 heterocycles. The number of hydrogen-bond donors (Lipinski definition) is 2. The van der Waals surface area contributed by atoms with E-state index in [1.807, 2.05) is 0 Å². The smallest absolute Gasteiger partial charge is 0.324 e. The van der Waals surface area contributed by atoms with Crippen LogP contribution in [0.4, 0.5) is 14.9 Å². The maximum atomic E-state index is 13.0. The lowest BCUT2D eigenvalue weighted by molar-refractivity contribution is -0.147. The van der Waals surface area contributed by atoms with Crippen LogP contribution in [0.3, 0.4) is 0 Å². The van der Waals surface area contributed by atoms with Gasteiger partial charge in [0, 0.05) is 18.7 Å². The number of hydrogen-bond acceptors (Lipinski definition) is 5. The Kier molecular flexibility index (Phi) is 5.83. The average molecular weight is 337 g/mol. The molecule has 2 rings (SSSR count). The zero-order chi connectivity index (χ0) is 17.5. The average Bonchev–Trinajstić information content (AvgIpc) is 2.85. The summed E-state index contributed by atoms with van der Waals surface area (Å²) < 4.78 is 17.7. The second kappa shape index (κ2) is 8.04. The molecule has 0 unspecified atom stereocenters. The van der Waals surface area contributed by atoms with Crippen LogP contribution in [0.1, 0.15) is 12.8 Å². The third-order valence-corrected chi connectivity index (χ3v) is 3.17. The number of amides is 4. The van der Waals surface area contributed by atoms with Crippen LogP contribution < -0.4 is 10.6 Å². The molecule has 8 nitrogen and oxygen atoms in total. The Bertz CT molecular complexity index is 648. The molecular weight excluding hydrogens is 321 g/mol. The summed E-state index contributed by atoms with van der Waals surface area (Å²) in [6, 6.07) is 4.83. The van der Waals surface area contributed by atoms with Crippen molar-refractivity contribution in [2.75, 3.05) is 25.0 Å². The number of benzene rings is 1. The van der Waals surface area contributed by atoms with Gasteiger partial charge in [-0.1, -0.05) is 6.07 Å². The maximum Gasteiger partial charge on any atom is 0.324 e. The maximum absolute atomic E-state index is 13.0. The zero-order valence-corrected chi connectivity index (χ0v) is 12.7. The summed E-state index contributed by atoms with van der Waals surface area (Å²) in [6.45, 7) is -0.433. The summed E-state index contributed by atoms with van der Waals surface area (Å²) in [6.07, 6.45) is 0.202. The SMILES string of the molecule is O=C(COC(=O)CCCN1C(=O)CNC1=O)Nc1cccc(F)c1. The van der Waals surface area contributed by atoms with Crippen molar-refractivity contribution in [3.05, 3.63) is 30.1 Å². The number of esters is 1. The van der Waals surface area contributed by atoms with Crippen molar-refractivity contribution >= 4 is 29.5 Å². The Balaban J connectivity index is 1.65. The fourth-order valence-electron chi connectivity index (χ4n) is 2.04. The van der Waals surface area contributed by atoms with Crippen molar-refractivity contribution in [3.8, 4) is 0 Å². The van der Waals surface area contributed by atoms with Crippen LogP contribution in [-0.2, 0) is 19.1 Å². The highest BCUT2D eigenvalue weighted by molar-refractivity contribution is 6.01. The molecule has 0 aromatic heterocycles. The summed E-state index contributed by atoms with van der Waals surface area (Å²) in [5, 5.41) is 4.75. The van der Waals surface area contributed by atoms with E-state index in [-0.39, 0.29) is 37.5 Å². The van der Waals surface area contributed by atoms with Crippen LogP contribution in [0.25, 0.3) is 0 Å².